The highest BCUT2D eigenvalue weighted by Gasteiger charge is 2.64. The van der Waals surface area contributed by atoms with Crippen LogP contribution >= 0.6 is 0 Å². The number of fused-ring (bicyclic) bond motifs is 1. The number of Topliss-reactive ketones (excluding diaryl/α,β-unsaturated/α-hetero) is 1. The molecule has 1 fully saturated rings. The predicted molar refractivity (Wildman–Crippen MR) is 105 cm³/mol. The number of methoxy groups -OCH3 is 1. The second-order valence-electron chi connectivity index (χ2n) is 8.31. The molecule has 4 nitrogen and oxygen atoms in total. The van der Waals surface area contributed by atoms with E-state index in [1.165, 1.54) is 24.3 Å². The lowest BCUT2D eigenvalue weighted by atomic mass is 9.67. The minimum Gasteiger partial charge on any atom is -0.455 e. The van der Waals surface area contributed by atoms with Crippen molar-refractivity contribution in [2.75, 3.05) is 7.11 Å². The molecular formula is C23H27F3O4. The Morgan fingerprint density at radius 2 is 1.77 bits per heavy atom. The van der Waals surface area contributed by atoms with E-state index < -0.39 is 29.3 Å². The molecule has 164 valence electrons. The van der Waals surface area contributed by atoms with E-state index in [0.717, 1.165) is 25.5 Å². The molecule has 0 bridgehead atoms. The minimum absolute atomic E-state index is 0.157. The van der Waals surface area contributed by atoms with Crippen LogP contribution in [-0.4, -0.2) is 31.1 Å². The van der Waals surface area contributed by atoms with Crippen LogP contribution in [0.4, 0.5) is 13.2 Å². The van der Waals surface area contributed by atoms with Crippen LogP contribution in [0.1, 0.15) is 57.9 Å². The zero-order valence-corrected chi connectivity index (χ0v) is 17.5. The van der Waals surface area contributed by atoms with Crippen molar-refractivity contribution in [3.05, 3.63) is 47.0 Å². The molecular weight excluding hydrogens is 397 g/mol. The summed E-state index contributed by atoms with van der Waals surface area (Å²) in [4.78, 5) is 25.6. The van der Waals surface area contributed by atoms with Gasteiger partial charge >= 0.3 is 12.1 Å². The number of rotatable bonds is 4. The summed E-state index contributed by atoms with van der Waals surface area (Å²) in [6, 6.07) is 6.79. The Labute approximate surface area is 174 Å². The second-order valence-corrected chi connectivity index (χ2v) is 8.31. The van der Waals surface area contributed by atoms with Crippen molar-refractivity contribution >= 4 is 11.8 Å². The van der Waals surface area contributed by atoms with Crippen molar-refractivity contribution in [1.29, 1.82) is 0 Å². The van der Waals surface area contributed by atoms with Gasteiger partial charge in [0.05, 0.1) is 0 Å². The number of allylic oxidation sites excluding steroid dienone is 1. The SMILES string of the molecule is CO[C@](C(=O)O[C@@H]1CC[C@@]2(C)C(=O)CCCCC2=C1C)(c1ccccc1)C(F)(F)F. The van der Waals surface area contributed by atoms with Crippen LogP contribution in [0.25, 0.3) is 0 Å². The van der Waals surface area contributed by atoms with E-state index in [-0.39, 0.29) is 11.3 Å². The molecule has 1 saturated carbocycles. The molecule has 0 heterocycles. The zero-order valence-electron chi connectivity index (χ0n) is 17.5. The number of alkyl halides is 3. The molecule has 1 aromatic rings. The number of ether oxygens (including phenoxy) is 2. The van der Waals surface area contributed by atoms with Crippen LogP contribution in [0.5, 0.6) is 0 Å². The van der Waals surface area contributed by atoms with Crippen molar-refractivity contribution < 1.29 is 32.2 Å². The quantitative estimate of drug-likeness (QED) is 0.489. The summed E-state index contributed by atoms with van der Waals surface area (Å²) in [6.07, 6.45) is -2.24. The van der Waals surface area contributed by atoms with E-state index in [4.69, 9.17) is 9.47 Å². The van der Waals surface area contributed by atoms with Crippen molar-refractivity contribution in [1.82, 2.24) is 0 Å². The molecule has 0 amide bonds. The summed E-state index contributed by atoms with van der Waals surface area (Å²) in [6.45, 7) is 3.66. The Morgan fingerprint density at radius 1 is 1.13 bits per heavy atom. The number of esters is 1. The molecule has 0 spiro atoms. The first kappa shape index (κ1) is 22.5. The van der Waals surface area contributed by atoms with Crippen LogP contribution in [0.2, 0.25) is 0 Å². The normalized spacial score (nSPS) is 27.1. The topological polar surface area (TPSA) is 52.6 Å². The average molecular weight is 424 g/mol. The lowest BCUT2D eigenvalue weighted by Crippen LogP contribution is -2.53. The largest absolute Gasteiger partial charge is 0.455 e. The summed E-state index contributed by atoms with van der Waals surface area (Å²) in [5.74, 6) is -1.33. The molecule has 0 saturated heterocycles. The Bertz CT molecular complexity index is 846. The van der Waals surface area contributed by atoms with Gasteiger partial charge in [-0.1, -0.05) is 35.9 Å². The Morgan fingerprint density at radius 3 is 2.37 bits per heavy atom. The molecule has 0 unspecified atom stereocenters. The summed E-state index contributed by atoms with van der Waals surface area (Å²) < 4.78 is 52.6. The highest BCUT2D eigenvalue weighted by molar-refractivity contribution is 5.88. The lowest BCUT2D eigenvalue weighted by molar-refractivity contribution is -0.277. The highest BCUT2D eigenvalue weighted by Crippen LogP contribution is 2.48. The van der Waals surface area contributed by atoms with E-state index in [9.17, 15) is 22.8 Å². The number of carbonyl (C=O) groups is 2. The van der Waals surface area contributed by atoms with Gasteiger partial charge in [0.15, 0.2) is 0 Å². The van der Waals surface area contributed by atoms with Gasteiger partial charge in [0.1, 0.15) is 11.9 Å². The Balaban J connectivity index is 1.97. The lowest BCUT2D eigenvalue weighted by Gasteiger charge is -2.40. The molecule has 0 aliphatic heterocycles. The smallest absolute Gasteiger partial charge is 0.432 e. The molecule has 0 radical (unpaired) electrons. The van der Waals surface area contributed by atoms with E-state index in [1.54, 1.807) is 13.0 Å². The van der Waals surface area contributed by atoms with Gasteiger partial charge in [0.2, 0.25) is 0 Å². The van der Waals surface area contributed by atoms with Crippen molar-refractivity contribution in [3.8, 4) is 0 Å². The molecule has 2 aliphatic rings. The number of halogens is 3. The highest BCUT2D eigenvalue weighted by atomic mass is 19.4. The number of carbonyl (C=O) groups excluding carboxylic acids is 2. The van der Waals surface area contributed by atoms with E-state index in [2.05, 4.69) is 0 Å². The summed E-state index contributed by atoms with van der Waals surface area (Å²) in [5.41, 5.74) is -2.57. The first-order valence-electron chi connectivity index (χ1n) is 10.2. The summed E-state index contributed by atoms with van der Waals surface area (Å²) >= 11 is 0. The monoisotopic (exact) mass is 424 g/mol. The number of hydrogen-bond acceptors (Lipinski definition) is 4. The third-order valence-electron chi connectivity index (χ3n) is 6.65. The van der Waals surface area contributed by atoms with Gasteiger partial charge < -0.3 is 9.47 Å². The van der Waals surface area contributed by atoms with Crippen LogP contribution in [0.15, 0.2) is 41.5 Å². The van der Waals surface area contributed by atoms with Gasteiger partial charge in [0, 0.05) is 24.5 Å². The Kier molecular flexibility index (Phi) is 6.14. The van der Waals surface area contributed by atoms with Gasteiger partial charge in [-0.05, 0) is 51.5 Å². The molecule has 3 atom stereocenters. The molecule has 7 heteroatoms. The van der Waals surface area contributed by atoms with E-state index >= 15 is 0 Å². The maximum atomic E-state index is 14.1. The minimum atomic E-state index is -5.01. The first-order valence-corrected chi connectivity index (χ1v) is 10.2. The van der Waals surface area contributed by atoms with Crippen LogP contribution < -0.4 is 0 Å². The molecule has 1 aromatic carbocycles. The second kappa shape index (κ2) is 8.17. The number of hydrogen-bond donors (Lipinski definition) is 0. The van der Waals surface area contributed by atoms with Gasteiger partial charge in [-0.2, -0.15) is 13.2 Å². The maximum Gasteiger partial charge on any atom is 0.432 e. The molecule has 2 aliphatic carbocycles. The third-order valence-corrected chi connectivity index (χ3v) is 6.65. The molecule has 0 N–H and O–H groups in total. The summed E-state index contributed by atoms with van der Waals surface area (Å²) in [7, 11) is 0.856. The third kappa shape index (κ3) is 3.57. The average Bonchev–Trinajstić information content (AvgIpc) is 2.84. The fraction of sp³-hybridized carbons (Fsp3) is 0.565. The summed E-state index contributed by atoms with van der Waals surface area (Å²) in [5, 5.41) is 0. The first-order chi connectivity index (χ1) is 14.1. The maximum absolute atomic E-state index is 14.1. The van der Waals surface area contributed by atoms with Crippen molar-refractivity contribution in [2.24, 2.45) is 5.41 Å². The van der Waals surface area contributed by atoms with E-state index in [0.29, 0.717) is 31.3 Å². The molecule has 30 heavy (non-hydrogen) atoms. The molecule has 0 aromatic heterocycles. The standard InChI is InChI=1S/C23H27F3O4/c1-15-17-11-7-8-12-19(27)21(17,2)14-13-18(15)30-20(28)22(29-3,23(24,25)26)16-9-5-4-6-10-16/h4-6,9-10,18H,7-8,11-14H2,1-3H3/t18-,21-,22+/m1/s1. The van der Waals surface area contributed by atoms with Crippen molar-refractivity contribution in [3.63, 3.8) is 0 Å². The van der Waals surface area contributed by atoms with Crippen LogP contribution in [0, 0.1) is 5.41 Å². The molecule has 3 rings (SSSR count). The number of ketones is 1. The number of benzene rings is 1. The fourth-order valence-corrected chi connectivity index (χ4v) is 4.81. The Hall–Kier alpha value is -2.15. The van der Waals surface area contributed by atoms with Gasteiger partial charge in [0.25, 0.3) is 5.60 Å². The zero-order chi connectivity index (χ0) is 22.2. The predicted octanol–water partition coefficient (Wildman–Crippen LogP) is 5.26. The van der Waals surface area contributed by atoms with E-state index in [1.807, 2.05) is 6.92 Å². The fourth-order valence-electron chi connectivity index (χ4n) is 4.81. The van der Waals surface area contributed by atoms with Crippen LogP contribution in [-0.2, 0) is 24.7 Å². The van der Waals surface area contributed by atoms with Gasteiger partial charge in [-0.15, -0.1) is 0 Å². The van der Waals surface area contributed by atoms with Crippen LogP contribution in [0.3, 0.4) is 0 Å². The van der Waals surface area contributed by atoms with Crippen molar-refractivity contribution in [2.45, 2.75) is 70.3 Å². The van der Waals surface area contributed by atoms with Gasteiger partial charge in [-0.25, -0.2) is 4.79 Å². The van der Waals surface area contributed by atoms with Gasteiger partial charge in [-0.3, -0.25) is 4.79 Å².